The molecular weight excluding hydrogens is 170 g/mol. The topological polar surface area (TPSA) is 124 Å². The summed E-state index contributed by atoms with van der Waals surface area (Å²) >= 11 is 0. The lowest BCUT2D eigenvalue weighted by atomic mass is 9.91. The predicted octanol–water partition coefficient (Wildman–Crippen LogP) is -2.19. The van der Waals surface area contributed by atoms with Crippen LogP contribution in [0.5, 0.6) is 0 Å². The van der Waals surface area contributed by atoms with E-state index >= 15 is 0 Å². The van der Waals surface area contributed by atoms with Crippen molar-refractivity contribution in [3.8, 4) is 0 Å². The molecule has 0 bridgehead atoms. The van der Waals surface area contributed by atoms with Crippen LogP contribution in [-0.2, 0) is 4.79 Å². The van der Waals surface area contributed by atoms with Crippen LogP contribution < -0.4 is 22.9 Å². The largest absolute Gasteiger partial charge is 0.310 e. The van der Waals surface area contributed by atoms with Crippen molar-refractivity contribution in [1.29, 1.82) is 0 Å². The van der Waals surface area contributed by atoms with Crippen LogP contribution in [-0.4, -0.2) is 28.8 Å². The lowest BCUT2D eigenvalue weighted by molar-refractivity contribution is -0.141. The second-order valence-corrected chi connectivity index (χ2v) is 3.64. The Labute approximate surface area is 77.2 Å². The van der Waals surface area contributed by atoms with Crippen molar-refractivity contribution in [3.05, 3.63) is 0 Å². The first kappa shape index (κ1) is 10.4. The third kappa shape index (κ3) is 1.53. The minimum absolute atomic E-state index is 0.204. The van der Waals surface area contributed by atoms with E-state index in [9.17, 15) is 4.79 Å². The Balaban J connectivity index is 2.94. The molecule has 1 saturated heterocycles. The Hall–Kier alpha value is -0.690. The van der Waals surface area contributed by atoms with E-state index in [-0.39, 0.29) is 5.91 Å². The number of piperidine rings is 1. The molecule has 0 aromatic carbocycles. The number of likely N-dealkylation sites (tertiary alicyclic amines) is 1. The van der Waals surface area contributed by atoms with Crippen LogP contribution in [0.25, 0.3) is 0 Å². The first-order chi connectivity index (χ1) is 5.79. The quantitative estimate of drug-likeness (QED) is 0.321. The van der Waals surface area contributed by atoms with E-state index in [4.69, 9.17) is 22.9 Å². The van der Waals surface area contributed by atoms with Crippen LogP contribution in [0.4, 0.5) is 0 Å². The Morgan fingerprint density at radius 1 is 1.31 bits per heavy atom. The molecule has 1 aliphatic heterocycles. The highest BCUT2D eigenvalue weighted by Gasteiger charge is 2.48. The van der Waals surface area contributed by atoms with Gasteiger partial charge in [-0.15, -0.1) is 0 Å². The molecule has 0 aromatic rings. The molecule has 6 nitrogen and oxygen atoms in total. The van der Waals surface area contributed by atoms with E-state index in [2.05, 4.69) is 0 Å². The normalized spacial score (nSPS) is 25.8. The Bertz CT molecular complexity index is 225. The maximum absolute atomic E-state index is 11.2. The van der Waals surface area contributed by atoms with Crippen molar-refractivity contribution in [2.24, 2.45) is 22.9 Å². The monoisotopic (exact) mass is 187 g/mol. The molecule has 0 atom stereocenters. The molecule has 0 saturated carbocycles. The molecule has 1 aliphatic rings. The highest BCUT2D eigenvalue weighted by molar-refractivity contribution is 5.74. The highest BCUT2D eigenvalue weighted by atomic mass is 16.2. The first-order valence-electron chi connectivity index (χ1n) is 4.23. The molecule has 1 fully saturated rings. The number of rotatable bonds is 0. The lowest BCUT2D eigenvalue weighted by Gasteiger charge is -2.50. The van der Waals surface area contributed by atoms with E-state index < -0.39 is 11.4 Å². The second-order valence-electron chi connectivity index (χ2n) is 3.64. The van der Waals surface area contributed by atoms with Gasteiger partial charge in [-0.3, -0.25) is 16.3 Å². The van der Waals surface area contributed by atoms with Crippen LogP contribution in [0.1, 0.15) is 19.8 Å². The highest BCUT2D eigenvalue weighted by Crippen LogP contribution is 2.23. The summed E-state index contributed by atoms with van der Waals surface area (Å²) in [4.78, 5) is 12.5. The molecule has 0 unspecified atom stereocenters. The van der Waals surface area contributed by atoms with Crippen molar-refractivity contribution in [2.45, 2.75) is 31.2 Å². The molecule has 0 aromatic heterocycles. The summed E-state index contributed by atoms with van der Waals surface area (Å²) in [6.07, 6.45) is 1.24. The van der Waals surface area contributed by atoms with Gasteiger partial charge < -0.3 is 16.4 Å². The number of amides is 1. The second kappa shape index (κ2) is 2.91. The summed E-state index contributed by atoms with van der Waals surface area (Å²) in [5.74, 6) is -1.65. The zero-order valence-corrected chi connectivity index (χ0v) is 7.79. The van der Waals surface area contributed by atoms with Gasteiger partial charge in [0, 0.05) is 13.5 Å². The first-order valence-corrected chi connectivity index (χ1v) is 4.23. The number of hydrogen-bond donors (Lipinski definition) is 4. The van der Waals surface area contributed by atoms with Crippen LogP contribution in [0.2, 0.25) is 0 Å². The van der Waals surface area contributed by atoms with Crippen LogP contribution >= 0.6 is 0 Å². The summed E-state index contributed by atoms with van der Waals surface area (Å²) in [5, 5.41) is 0. The SMILES string of the molecule is CC(=O)N1CCCC(N)(N)C1(N)N. The van der Waals surface area contributed by atoms with E-state index in [0.29, 0.717) is 13.0 Å². The van der Waals surface area contributed by atoms with E-state index in [0.717, 1.165) is 6.42 Å². The third-order valence-electron chi connectivity index (χ3n) is 2.54. The summed E-state index contributed by atoms with van der Waals surface area (Å²) in [5.41, 5.74) is 21.7. The number of nitrogens with zero attached hydrogens (tertiary/aromatic N) is 1. The van der Waals surface area contributed by atoms with Gasteiger partial charge in [0.15, 0.2) is 5.79 Å². The van der Waals surface area contributed by atoms with Crippen molar-refractivity contribution in [3.63, 3.8) is 0 Å². The van der Waals surface area contributed by atoms with Crippen molar-refractivity contribution < 1.29 is 4.79 Å². The zero-order valence-electron chi connectivity index (χ0n) is 7.79. The molecule has 1 heterocycles. The van der Waals surface area contributed by atoms with E-state index in [1.54, 1.807) is 0 Å². The van der Waals surface area contributed by atoms with Gasteiger partial charge in [-0.1, -0.05) is 0 Å². The van der Waals surface area contributed by atoms with Gasteiger partial charge in [0.2, 0.25) is 5.91 Å². The third-order valence-corrected chi connectivity index (χ3v) is 2.54. The van der Waals surface area contributed by atoms with Crippen molar-refractivity contribution >= 4 is 5.91 Å². The maximum Gasteiger partial charge on any atom is 0.222 e. The molecule has 1 rings (SSSR count). The molecule has 6 heteroatoms. The smallest absolute Gasteiger partial charge is 0.222 e. The van der Waals surface area contributed by atoms with Gasteiger partial charge in [0.05, 0.1) is 0 Å². The van der Waals surface area contributed by atoms with E-state index in [1.807, 2.05) is 0 Å². The van der Waals surface area contributed by atoms with Crippen molar-refractivity contribution in [2.75, 3.05) is 6.54 Å². The van der Waals surface area contributed by atoms with Crippen LogP contribution in [0, 0.1) is 0 Å². The summed E-state index contributed by atoms with van der Waals surface area (Å²) in [6, 6.07) is 0. The fraction of sp³-hybridized carbons (Fsp3) is 0.857. The average molecular weight is 187 g/mol. The molecule has 0 aliphatic carbocycles. The molecule has 1 amide bonds. The van der Waals surface area contributed by atoms with Crippen LogP contribution in [0.3, 0.4) is 0 Å². The minimum atomic E-state index is -1.45. The number of hydrogen-bond acceptors (Lipinski definition) is 5. The summed E-state index contributed by atoms with van der Waals surface area (Å²) < 4.78 is 0. The van der Waals surface area contributed by atoms with Gasteiger partial charge in [0.25, 0.3) is 0 Å². The van der Waals surface area contributed by atoms with Gasteiger partial charge in [0.1, 0.15) is 5.66 Å². The molecule has 0 radical (unpaired) electrons. The van der Waals surface area contributed by atoms with Crippen molar-refractivity contribution in [1.82, 2.24) is 4.90 Å². The fourth-order valence-electron chi connectivity index (χ4n) is 1.58. The predicted molar refractivity (Wildman–Crippen MR) is 48.8 cm³/mol. The molecule has 8 N–H and O–H groups in total. The van der Waals surface area contributed by atoms with Gasteiger partial charge >= 0.3 is 0 Å². The van der Waals surface area contributed by atoms with Gasteiger partial charge in [-0.25, -0.2) is 0 Å². The summed E-state index contributed by atoms with van der Waals surface area (Å²) in [7, 11) is 0. The Morgan fingerprint density at radius 3 is 2.23 bits per heavy atom. The van der Waals surface area contributed by atoms with Crippen LogP contribution in [0.15, 0.2) is 0 Å². The lowest BCUT2D eigenvalue weighted by Crippen LogP contribution is -2.85. The number of carbonyl (C=O) groups is 1. The minimum Gasteiger partial charge on any atom is -0.310 e. The molecule has 0 spiro atoms. The van der Waals surface area contributed by atoms with E-state index in [1.165, 1.54) is 11.8 Å². The summed E-state index contributed by atoms with van der Waals surface area (Å²) in [6.45, 7) is 1.91. The number of nitrogens with two attached hydrogens (primary N) is 4. The Morgan fingerprint density at radius 2 is 1.85 bits per heavy atom. The molecule has 13 heavy (non-hydrogen) atoms. The maximum atomic E-state index is 11.2. The number of carbonyl (C=O) groups excluding carboxylic acids is 1. The standard InChI is InChI=1S/C7H17N5O/c1-5(13)12-4-2-3-6(8,9)7(12,10)11/h2-4,8-11H2,1H3. The van der Waals surface area contributed by atoms with Gasteiger partial charge in [-0.2, -0.15) is 0 Å². The zero-order chi connectivity index (χ0) is 10.3. The van der Waals surface area contributed by atoms with Gasteiger partial charge in [-0.05, 0) is 12.8 Å². The fourth-order valence-corrected chi connectivity index (χ4v) is 1.58. The average Bonchev–Trinajstić information content (AvgIpc) is 1.94. The molecule has 76 valence electrons. The molecular formula is C7H17N5O. The Kier molecular flexibility index (Phi) is 2.33.